The van der Waals surface area contributed by atoms with Gasteiger partial charge in [-0.05, 0) is 56.4 Å². The fourth-order valence-electron chi connectivity index (χ4n) is 2.38. The number of nitrogens with zero attached hydrogens (tertiary/aromatic N) is 1. The Hall–Kier alpha value is -0.550. The molecule has 0 bridgehead atoms. The van der Waals surface area contributed by atoms with Gasteiger partial charge < -0.3 is 5.32 Å². The Bertz CT molecular complexity index is 221. The Morgan fingerprint density at radius 1 is 1.29 bits per heavy atom. The van der Waals surface area contributed by atoms with Crippen LogP contribution in [-0.2, 0) is 0 Å². The molecule has 2 nitrogen and oxygen atoms in total. The van der Waals surface area contributed by atoms with E-state index in [-0.39, 0.29) is 0 Å². The van der Waals surface area contributed by atoms with Gasteiger partial charge in [-0.3, -0.25) is 0 Å². The molecule has 1 N–H and O–H groups in total. The van der Waals surface area contributed by atoms with Crippen molar-refractivity contribution < 1.29 is 0 Å². The Morgan fingerprint density at radius 3 is 2.64 bits per heavy atom. The first-order valence-electron chi connectivity index (χ1n) is 5.95. The van der Waals surface area contributed by atoms with Crippen molar-refractivity contribution in [1.29, 1.82) is 5.26 Å². The lowest BCUT2D eigenvalue weighted by Gasteiger charge is -2.14. The normalized spacial score (nSPS) is 23.1. The summed E-state index contributed by atoms with van der Waals surface area (Å²) in [5.41, 5.74) is 0.731. The predicted molar refractivity (Wildman–Crippen MR) is 56.7 cm³/mol. The predicted octanol–water partition coefficient (Wildman–Crippen LogP) is 2.46. The van der Waals surface area contributed by atoms with Crippen molar-refractivity contribution >= 4 is 0 Å². The smallest absolute Gasteiger partial charge is 0.0621 e. The zero-order chi connectivity index (χ0) is 9.86. The van der Waals surface area contributed by atoms with E-state index in [0.29, 0.717) is 0 Å². The number of hydrogen-bond donors (Lipinski definition) is 1. The molecule has 0 unspecified atom stereocenters. The van der Waals surface area contributed by atoms with E-state index in [0.717, 1.165) is 37.1 Å². The number of rotatable bonds is 7. The van der Waals surface area contributed by atoms with Crippen LogP contribution in [0.25, 0.3) is 0 Å². The second-order valence-corrected chi connectivity index (χ2v) is 4.93. The minimum Gasteiger partial charge on any atom is -0.316 e. The molecule has 0 saturated heterocycles. The molecule has 0 heterocycles. The Morgan fingerprint density at radius 2 is 2.07 bits per heavy atom. The van der Waals surface area contributed by atoms with Crippen LogP contribution in [0.1, 0.15) is 44.9 Å². The molecule has 78 valence electrons. The number of unbranched alkanes of at least 4 members (excludes halogenated alkanes) is 2. The lowest BCUT2D eigenvalue weighted by Crippen LogP contribution is -2.26. The molecule has 2 rings (SSSR count). The summed E-state index contributed by atoms with van der Waals surface area (Å²) in [5.74, 6) is 1.06. The summed E-state index contributed by atoms with van der Waals surface area (Å²) in [6, 6.07) is 2.19. The minimum absolute atomic E-state index is 0.718. The van der Waals surface area contributed by atoms with Gasteiger partial charge in [0, 0.05) is 13.0 Å². The van der Waals surface area contributed by atoms with Crippen LogP contribution in [0, 0.1) is 22.7 Å². The van der Waals surface area contributed by atoms with Crippen LogP contribution in [0.2, 0.25) is 0 Å². The van der Waals surface area contributed by atoms with Gasteiger partial charge in [0.1, 0.15) is 0 Å². The first-order chi connectivity index (χ1) is 6.87. The maximum Gasteiger partial charge on any atom is 0.0621 e. The Kier molecular flexibility index (Phi) is 3.08. The van der Waals surface area contributed by atoms with Crippen molar-refractivity contribution in [2.75, 3.05) is 13.1 Å². The van der Waals surface area contributed by atoms with E-state index >= 15 is 0 Å². The van der Waals surface area contributed by atoms with Gasteiger partial charge in [0.2, 0.25) is 0 Å². The fourth-order valence-corrected chi connectivity index (χ4v) is 2.38. The molecule has 2 fully saturated rings. The van der Waals surface area contributed by atoms with Gasteiger partial charge in [-0.15, -0.1) is 0 Å². The summed E-state index contributed by atoms with van der Waals surface area (Å²) in [4.78, 5) is 0. The van der Waals surface area contributed by atoms with E-state index in [1.165, 1.54) is 32.2 Å². The van der Waals surface area contributed by atoms with E-state index in [2.05, 4.69) is 11.4 Å². The molecule has 0 aromatic rings. The summed E-state index contributed by atoms with van der Waals surface area (Å²) in [6.07, 6.45) is 8.82. The Labute approximate surface area is 86.7 Å². The topological polar surface area (TPSA) is 35.8 Å². The molecular weight excluding hydrogens is 172 g/mol. The third kappa shape index (κ3) is 2.48. The summed E-state index contributed by atoms with van der Waals surface area (Å²) in [7, 11) is 0. The number of nitriles is 1. The molecule has 0 atom stereocenters. The molecule has 0 radical (unpaired) electrons. The van der Waals surface area contributed by atoms with Crippen molar-refractivity contribution in [2.45, 2.75) is 44.9 Å². The summed E-state index contributed by atoms with van der Waals surface area (Å²) >= 11 is 0. The molecule has 0 aromatic heterocycles. The lowest BCUT2D eigenvalue weighted by atomic mass is 10.0. The van der Waals surface area contributed by atoms with Crippen molar-refractivity contribution in [2.24, 2.45) is 11.3 Å². The van der Waals surface area contributed by atoms with Crippen LogP contribution in [0.4, 0.5) is 0 Å². The van der Waals surface area contributed by atoms with Gasteiger partial charge in [0.05, 0.1) is 6.07 Å². The highest BCUT2D eigenvalue weighted by atomic mass is 14.9. The van der Waals surface area contributed by atoms with E-state index in [9.17, 15) is 0 Å². The minimum atomic E-state index is 0.718. The molecule has 2 saturated carbocycles. The molecule has 0 aromatic carbocycles. The molecule has 0 spiro atoms. The van der Waals surface area contributed by atoms with E-state index in [1.807, 2.05) is 0 Å². The summed E-state index contributed by atoms with van der Waals surface area (Å²) in [5, 5.41) is 11.9. The molecule has 2 aliphatic rings. The molecule has 2 aliphatic carbocycles. The van der Waals surface area contributed by atoms with Gasteiger partial charge in [-0.2, -0.15) is 5.26 Å². The first-order valence-corrected chi connectivity index (χ1v) is 5.95. The SMILES string of the molecule is N#CCCCCNCC1(C2CC2)CC1. The van der Waals surface area contributed by atoms with Gasteiger partial charge in [-0.25, -0.2) is 0 Å². The zero-order valence-corrected chi connectivity index (χ0v) is 8.89. The standard InChI is InChI=1S/C12H20N2/c13-8-2-1-3-9-14-10-12(6-7-12)11-4-5-11/h11,14H,1-7,9-10H2. The van der Waals surface area contributed by atoms with Crippen molar-refractivity contribution in [3.05, 3.63) is 0 Å². The molecule has 2 heteroatoms. The average Bonchev–Trinajstić information content (AvgIpc) is 3.03. The first kappa shape index (κ1) is 9.98. The van der Waals surface area contributed by atoms with E-state index < -0.39 is 0 Å². The van der Waals surface area contributed by atoms with Crippen LogP contribution in [-0.4, -0.2) is 13.1 Å². The summed E-state index contributed by atoms with van der Waals surface area (Å²) in [6.45, 7) is 2.35. The van der Waals surface area contributed by atoms with Crippen molar-refractivity contribution in [3.8, 4) is 6.07 Å². The summed E-state index contributed by atoms with van der Waals surface area (Å²) < 4.78 is 0. The molecular formula is C12H20N2. The molecule has 0 aliphatic heterocycles. The monoisotopic (exact) mass is 192 g/mol. The van der Waals surface area contributed by atoms with Gasteiger partial charge in [-0.1, -0.05) is 0 Å². The number of nitrogens with one attached hydrogen (secondary N) is 1. The fraction of sp³-hybridized carbons (Fsp3) is 0.917. The van der Waals surface area contributed by atoms with Crippen LogP contribution in [0.3, 0.4) is 0 Å². The Balaban J connectivity index is 1.49. The highest BCUT2D eigenvalue weighted by Crippen LogP contribution is 2.60. The van der Waals surface area contributed by atoms with Crippen LogP contribution >= 0.6 is 0 Å². The van der Waals surface area contributed by atoms with Crippen molar-refractivity contribution in [1.82, 2.24) is 5.32 Å². The third-order valence-corrected chi connectivity index (χ3v) is 3.70. The van der Waals surface area contributed by atoms with Gasteiger partial charge in [0.15, 0.2) is 0 Å². The van der Waals surface area contributed by atoms with E-state index in [4.69, 9.17) is 5.26 Å². The van der Waals surface area contributed by atoms with Crippen LogP contribution < -0.4 is 5.32 Å². The largest absolute Gasteiger partial charge is 0.316 e. The molecule has 0 amide bonds. The maximum atomic E-state index is 8.37. The highest BCUT2D eigenvalue weighted by Gasteiger charge is 2.52. The van der Waals surface area contributed by atoms with Crippen LogP contribution in [0.15, 0.2) is 0 Å². The average molecular weight is 192 g/mol. The van der Waals surface area contributed by atoms with Gasteiger partial charge in [0.25, 0.3) is 0 Å². The van der Waals surface area contributed by atoms with Crippen LogP contribution in [0.5, 0.6) is 0 Å². The second kappa shape index (κ2) is 4.31. The quantitative estimate of drug-likeness (QED) is 0.629. The zero-order valence-electron chi connectivity index (χ0n) is 8.89. The number of hydrogen-bond acceptors (Lipinski definition) is 2. The maximum absolute atomic E-state index is 8.37. The lowest BCUT2D eigenvalue weighted by molar-refractivity contribution is 0.402. The van der Waals surface area contributed by atoms with Gasteiger partial charge >= 0.3 is 0 Å². The van der Waals surface area contributed by atoms with Crippen molar-refractivity contribution in [3.63, 3.8) is 0 Å². The molecule has 14 heavy (non-hydrogen) atoms. The second-order valence-electron chi connectivity index (χ2n) is 4.93. The highest BCUT2D eigenvalue weighted by molar-refractivity contribution is 5.04. The van der Waals surface area contributed by atoms with E-state index in [1.54, 1.807) is 0 Å². The third-order valence-electron chi connectivity index (χ3n) is 3.70.